The molecule has 3 N–H and O–H groups in total. The molecule has 0 unspecified atom stereocenters. The Morgan fingerprint density at radius 2 is 2.11 bits per heavy atom. The van der Waals surface area contributed by atoms with Crippen molar-refractivity contribution in [3.05, 3.63) is 29.3 Å². The Morgan fingerprint density at radius 3 is 2.63 bits per heavy atom. The van der Waals surface area contributed by atoms with Gasteiger partial charge in [0.05, 0.1) is 0 Å². The maximum atomic E-state index is 11.9. The van der Waals surface area contributed by atoms with Crippen LogP contribution in [0.4, 0.5) is 5.69 Å². The number of primary amides is 1. The van der Waals surface area contributed by atoms with Crippen LogP contribution in [0.15, 0.2) is 18.2 Å². The highest BCUT2D eigenvalue weighted by molar-refractivity contribution is 5.95. The number of nitrogens with one attached hydrogen (secondary N) is 1. The number of hydrogen-bond donors (Lipinski definition) is 2. The summed E-state index contributed by atoms with van der Waals surface area (Å²) >= 11 is 0. The number of aryl methyl sites for hydroxylation is 1. The minimum absolute atomic E-state index is 0.0364. The van der Waals surface area contributed by atoms with Gasteiger partial charge in [-0.05, 0) is 55.4 Å². The second kappa shape index (κ2) is 5.43. The topological polar surface area (TPSA) is 72.2 Å². The van der Waals surface area contributed by atoms with E-state index in [1.54, 1.807) is 18.2 Å². The number of anilines is 1. The average Bonchev–Trinajstić information content (AvgIpc) is 3.15. The lowest BCUT2D eigenvalue weighted by molar-refractivity contribution is -0.117. The average molecular weight is 260 g/mol. The van der Waals surface area contributed by atoms with Crippen molar-refractivity contribution in [1.82, 2.24) is 0 Å². The molecule has 0 heterocycles. The first-order valence-corrected chi connectivity index (χ1v) is 6.67. The Balaban J connectivity index is 1.98. The standard InChI is InChI=1S/C15H20N2O2/c1-9(11-3-4-11)8-14(18)17-13-6-5-12(15(16)19)7-10(13)2/h5-7,9,11H,3-4,8H2,1-2H3,(H2,16,19)(H,17,18)/t9-/m0/s1. The molecule has 0 saturated heterocycles. The molecule has 1 aromatic carbocycles. The highest BCUT2D eigenvalue weighted by Crippen LogP contribution is 2.38. The van der Waals surface area contributed by atoms with Gasteiger partial charge in [-0.2, -0.15) is 0 Å². The van der Waals surface area contributed by atoms with E-state index in [1.165, 1.54) is 12.8 Å². The summed E-state index contributed by atoms with van der Waals surface area (Å²) in [5.74, 6) is 0.756. The highest BCUT2D eigenvalue weighted by atomic mass is 16.2. The largest absolute Gasteiger partial charge is 0.366 e. The molecule has 4 heteroatoms. The lowest BCUT2D eigenvalue weighted by Gasteiger charge is -2.12. The molecular formula is C15H20N2O2. The van der Waals surface area contributed by atoms with E-state index in [2.05, 4.69) is 12.2 Å². The Morgan fingerprint density at radius 1 is 1.42 bits per heavy atom. The van der Waals surface area contributed by atoms with Crippen molar-refractivity contribution in [1.29, 1.82) is 0 Å². The van der Waals surface area contributed by atoms with Crippen LogP contribution < -0.4 is 11.1 Å². The van der Waals surface area contributed by atoms with E-state index in [0.717, 1.165) is 17.2 Å². The van der Waals surface area contributed by atoms with E-state index in [4.69, 9.17) is 5.73 Å². The number of amides is 2. The van der Waals surface area contributed by atoms with Crippen LogP contribution in [0, 0.1) is 18.8 Å². The predicted molar refractivity (Wildman–Crippen MR) is 74.8 cm³/mol. The maximum absolute atomic E-state index is 11.9. The van der Waals surface area contributed by atoms with Crippen molar-refractivity contribution in [2.75, 3.05) is 5.32 Å². The lowest BCUT2D eigenvalue weighted by atomic mass is 10.0. The maximum Gasteiger partial charge on any atom is 0.248 e. The molecule has 1 atom stereocenters. The van der Waals surface area contributed by atoms with Crippen molar-refractivity contribution in [3.8, 4) is 0 Å². The first kappa shape index (κ1) is 13.6. The summed E-state index contributed by atoms with van der Waals surface area (Å²) in [6.45, 7) is 3.98. The summed E-state index contributed by atoms with van der Waals surface area (Å²) in [7, 11) is 0. The van der Waals surface area contributed by atoms with Crippen LogP contribution in [-0.4, -0.2) is 11.8 Å². The number of hydrogen-bond acceptors (Lipinski definition) is 2. The third kappa shape index (κ3) is 3.56. The second-order valence-corrected chi connectivity index (χ2v) is 5.46. The fraction of sp³-hybridized carbons (Fsp3) is 0.467. The molecule has 2 rings (SSSR count). The van der Waals surface area contributed by atoms with Crippen LogP contribution >= 0.6 is 0 Å². The van der Waals surface area contributed by atoms with E-state index in [-0.39, 0.29) is 5.91 Å². The van der Waals surface area contributed by atoms with E-state index in [0.29, 0.717) is 17.9 Å². The zero-order chi connectivity index (χ0) is 14.0. The minimum Gasteiger partial charge on any atom is -0.366 e. The van der Waals surface area contributed by atoms with E-state index in [9.17, 15) is 9.59 Å². The summed E-state index contributed by atoms with van der Waals surface area (Å²) in [6, 6.07) is 5.06. The molecule has 1 fully saturated rings. The summed E-state index contributed by atoms with van der Waals surface area (Å²) in [6.07, 6.45) is 3.06. The Labute approximate surface area is 113 Å². The van der Waals surface area contributed by atoms with Gasteiger partial charge in [-0.15, -0.1) is 0 Å². The molecular weight excluding hydrogens is 240 g/mol. The van der Waals surface area contributed by atoms with Crippen LogP contribution in [0.25, 0.3) is 0 Å². The molecule has 0 bridgehead atoms. The molecule has 0 aromatic heterocycles. The van der Waals surface area contributed by atoms with Crippen LogP contribution in [0.2, 0.25) is 0 Å². The first-order chi connectivity index (χ1) is 8.97. The summed E-state index contributed by atoms with van der Waals surface area (Å²) in [5.41, 5.74) is 7.27. The molecule has 4 nitrogen and oxygen atoms in total. The summed E-state index contributed by atoms with van der Waals surface area (Å²) < 4.78 is 0. The van der Waals surface area contributed by atoms with Gasteiger partial charge in [-0.3, -0.25) is 9.59 Å². The molecule has 1 aliphatic rings. The van der Waals surface area contributed by atoms with E-state index in [1.807, 2.05) is 6.92 Å². The predicted octanol–water partition coefficient (Wildman–Crippen LogP) is 2.47. The smallest absolute Gasteiger partial charge is 0.248 e. The van der Waals surface area contributed by atoms with Gasteiger partial charge in [-0.1, -0.05) is 6.92 Å². The number of nitrogens with two attached hydrogens (primary N) is 1. The van der Waals surface area contributed by atoms with Crippen LogP contribution in [0.5, 0.6) is 0 Å². The van der Waals surface area contributed by atoms with Crippen molar-refractivity contribution in [3.63, 3.8) is 0 Å². The quantitative estimate of drug-likeness (QED) is 0.853. The molecule has 0 aliphatic heterocycles. The third-order valence-electron chi connectivity index (χ3n) is 3.72. The van der Waals surface area contributed by atoms with Gasteiger partial charge in [-0.25, -0.2) is 0 Å². The van der Waals surface area contributed by atoms with Gasteiger partial charge in [0.1, 0.15) is 0 Å². The fourth-order valence-electron chi connectivity index (χ4n) is 2.28. The fourth-order valence-corrected chi connectivity index (χ4v) is 2.28. The van der Waals surface area contributed by atoms with Gasteiger partial charge in [0.25, 0.3) is 0 Å². The van der Waals surface area contributed by atoms with Crippen molar-refractivity contribution in [2.45, 2.75) is 33.1 Å². The van der Waals surface area contributed by atoms with E-state index >= 15 is 0 Å². The SMILES string of the molecule is Cc1cc(C(N)=O)ccc1NC(=O)C[C@H](C)C1CC1. The molecule has 0 radical (unpaired) electrons. The monoisotopic (exact) mass is 260 g/mol. The summed E-state index contributed by atoms with van der Waals surface area (Å²) in [4.78, 5) is 23.0. The second-order valence-electron chi connectivity index (χ2n) is 5.46. The van der Waals surface area contributed by atoms with Crippen LogP contribution in [0.1, 0.15) is 42.1 Å². The molecule has 102 valence electrons. The zero-order valence-corrected chi connectivity index (χ0v) is 11.4. The van der Waals surface area contributed by atoms with Gasteiger partial charge < -0.3 is 11.1 Å². The molecule has 2 amide bonds. The third-order valence-corrected chi connectivity index (χ3v) is 3.72. The number of carbonyl (C=O) groups excluding carboxylic acids is 2. The van der Waals surface area contributed by atoms with Gasteiger partial charge in [0.2, 0.25) is 11.8 Å². The van der Waals surface area contributed by atoms with E-state index < -0.39 is 5.91 Å². The Kier molecular flexibility index (Phi) is 3.88. The number of benzene rings is 1. The molecule has 1 saturated carbocycles. The van der Waals surface area contributed by atoms with Gasteiger partial charge in [0.15, 0.2) is 0 Å². The van der Waals surface area contributed by atoms with Crippen LogP contribution in [-0.2, 0) is 4.79 Å². The Hall–Kier alpha value is -1.84. The Bertz CT molecular complexity index is 507. The first-order valence-electron chi connectivity index (χ1n) is 6.67. The molecule has 1 aliphatic carbocycles. The molecule has 19 heavy (non-hydrogen) atoms. The normalized spacial score (nSPS) is 15.9. The molecule has 1 aromatic rings. The van der Waals surface area contributed by atoms with Gasteiger partial charge >= 0.3 is 0 Å². The lowest BCUT2D eigenvalue weighted by Crippen LogP contribution is -2.17. The summed E-state index contributed by atoms with van der Waals surface area (Å²) in [5, 5.41) is 2.90. The van der Waals surface area contributed by atoms with Crippen molar-refractivity contribution < 1.29 is 9.59 Å². The van der Waals surface area contributed by atoms with Gasteiger partial charge in [0, 0.05) is 17.7 Å². The highest BCUT2D eigenvalue weighted by Gasteiger charge is 2.29. The van der Waals surface area contributed by atoms with Crippen LogP contribution in [0.3, 0.4) is 0 Å². The minimum atomic E-state index is -0.455. The zero-order valence-electron chi connectivity index (χ0n) is 11.4. The number of rotatable bonds is 5. The molecule has 0 spiro atoms. The number of carbonyl (C=O) groups is 2. The van der Waals surface area contributed by atoms with Crippen molar-refractivity contribution in [2.24, 2.45) is 17.6 Å². The van der Waals surface area contributed by atoms with Crippen molar-refractivity contribution >= 4 is 17.5 Å².